The second-order valence-electron chi connectivity index (χ2n) is 5.09. The zero-order chi connectivity index (χ0) is 16.6. The minimum Gasteiger partial charge on any atom is -0.288 e. The number of aromatic nitrogens is 3. The summed E-state index contributed by atoms with van der Waals surface area (Å²) in [6.45, 7) is 3.75. The lowest BCUT2D eigenvalue weighted by atomic mass is 10.0. The zero-order valence-corrected chi connectivity index (χ0v) is 12.5. The summed E-state index contributed by atoms with van der Waals surface area (Å²) in [4.78, 5) is 12.5. The number of hydrogen-bond acceptors (Lipinski definition) is 3. The summed E-state index contributed by atoms with van der Waals surface area (Å²) >= 11 is 0. The van der Waals surface area contributed by atoms with Crippen LogP contribution in [0.15, 0.2) is 42.6 Å². The maximum absolute atomic E-state index is 13.8. The fourth-order valence-electron chi connectivity index (χ4n) is 2.25. The molecule has 116 valence electrons. The van der Waals surface area contributed by atoms with Gasteiger partial charge in [0.1, 0.15) is 11.6 Å². The first-order chi connectivity index (χ1) is 11.0. The van der Waals surface area contributed by atoms with E-state index < -0.39 is 17.4 Å². The van der Waals surface area contributed by atoms with Gasteiger partial charge in [0, 0.05) is 17.8 Å². The second kappa shape index (κ2) is 5.72. The van der Waals surface area contributed by atoms with Gasteiger partial charge >= 0.3 is 0 Å². The van der Waals surface area contributed by atoms with Crippen molar-refractivity contribution in [2.24, 2.45) is 0 Å². The highest BCUT2D eigenvalue weighted by Gasteiger charge is 2.16. The molecule has 23 heavy (non-hydrogen) atoms. The first kappa shape index (κ1) is 15.0. The Labute approximate surface area is 131 Å². The fourth-order valence-corrected chi connectivity index (χ4v) is 2.25. The number of rotatable bonds is 3. The van der Waals surface area contributed by atoms with Crippen LogP contribution in [0.25, 0.3) is 11.2 Å². The molecule has 4 nitrogen and oxygen atoms in total. The van der Waals surface area contributed by atoms with Gasteiger partial charge in [-0.2, -0.15) is 0 Å². The number of carbonyl (C=O) groups is 1. The van der Waals surface area contributed by atoms with E-state index in [-0.39, 0.29) is 11.1 Å². The Morgan fingerprint density at radius 3 is 2.65 bits per heavy atom. The Morgan fingerprint density at radius 2 is 1.96 bits per heavy atom. The number of fused-ring (bicyclic) bond motifs is 1. The molecule has 2 aromatic heterocycles. The number of hydrogen-bond donors (Lipinski definition) is 0. The van der Waals surface area contributed by atoms with Gasteiger partial charge in [-0.05, 0) is 43.7 Å². The topological polar surface area (TPSA) is 47.3 Å². The number of halogens is 2. The van der Waals surface area contributed by atoms with E-state index in [0.29, 0.717) is 17.5 Å². The van der Waals surface area contributed by atoms with Crippen molar-refractivity contribution in [3.05, 3.63) is 71.2 Å². The maximum atomic E-state index is 13.8. The third kappa shape index (κ3) is 2.63. The van der Waals surface area contributed by atoms with E-state index in [4.69, 9.17) is 0 Å². The van der Waals surface area contributed by atoms with Crippen LogP contribution in [0, 0.1) is 11.6 Å². The van der Waals surface area contributed by atoms with Gasteiger partial charge in [-0.15, -0.1) is 10.2 Å². The Hall–Kier alpha value is -2.89. The lowest BCUT2D eigenvalue weighted by molar-refractivity contribution is 0.103. The summed E-state index contributed by atoms with van der Waals surface area (Å²) in [5, 5.41) is 8.11. The van der Waals surface area contributed by atoms with Gasteiger partial charge in [0.2, 0.25) is 0 Å². The summed E-state index contributed by atoms with van der Waals surface area (Å²) in [5.41, 5.74) is 1.57. The average Bonchev–Trinajstić information content (AvgIpc) is 2.96. The van der Waals surface area contributed by atoms with Crippen LogP contribution in [0.5, 0.6) is 0 Å². The van der Waals surface area contributed by atoms with Crippen LogP contribution in [0.3, 0.4) is 0 Å². The lowest BCUT2D eigenvalue weighted by Gasteiger charge is -2.05. The first-order valence-corrected chi connectivity index (χ1v) is 6.99. The Morgan fingerprint density at radius 1 is 1.17 bits per heavy atom. The van der Waals surface area contributed by atoms with Crippen LogP contribution >= 0.6 is 0 Å². The minimum atomic E-state index is -0.885. The van der Waals surface area contributed by atoms with E-state index in [1.54, 1.807) is 22.7 Å². The van der Waals surface area contributed by atoms with Crippen molar-refractivity contribution in [1.29, 1.82) is 0 Å². The number of ketones is 1. The lowest BCUT2D eigenvalue weighted by Crippen LogP contribution is -2.06. The van der Waals surface area contributed by atoms with Crippen LogP contribution in [0.4, 0.5) is 8.78 Å². The highest BCUT2D eigenvalue weighted by Crippen LogP contribution is 2.18. The second-order valence-corrected chi connectivity index (χ2v) is 5.09. The van der Waals surface area contributed by atoms with Crippen molar-refractivity contribution in [3.63, 3.8) is 0 Å². The Bertz CT molecular complexity index is 944. The van der Waals surface area contributed by atoms with E-state index in [2.05, 4.69) is 10.2 Å². The number of nitrogens with zero attached hydrogens (tertiary/aromatic N) is 3. The molecule has 0 aliphatic heterocycles. The number of allylic oxidation sites excluding steroid dienone is 2. The van der Waals surface area contributed by atoms with Crippen molar-refractivity contribution >= 4 is 17.0 Å². The zero-order valence-electron chi connectivity index (χ0n) is 12.5. The number of pyridine rings is 1. The minimum absolute atomic E-state index is 0.178. The summed E-state index contributed by atoms with van der Waals surface area (Å²) < 4.78 is 28.5. The summed E-state index contributed by atoms with van der Waals surface area (Å²) in [6.07, 6.45) is 3.44. The van der Waals surface area contributed by atoms with E-state index in [9.17, 15) is 13.6 Å². The molecule has 3 rings (SSSR count). The molecule has 3 aromatic rings. The third-order valence-corrected chi connectivity index (χ3v) is 3.63. The Balaban J connectivity index is 2.11. The SMILES string of the molecule is C/C=C(\C)c1nnc2ccc(C(=O)c3ccc(F)cc3F)cn12. The first-order valence-electron chi connectivity index (χ1n) is 6.99. The predicted molar refractivity (Wildman–Crippen MR) is 82.1 cm³/mol. The number of benzene rings is 1. The fraction of sp³-hybridized carbons (Fsp3) is 0.118. The van der Waals surface area contributed by atoms with Crippen LogP contribution in [-0.4, -0.2) is 20.4 Å². The van der Waals surface area contributed by atoms with Crippen LogP contribution in [0.1, 0.15) is 35.6 Å². The molecule has 0 unspecified atom stereocenters. The molecular formula is C17H13F2N3O. The monoisotopic (exact) mass is 313 g/mol. The largest absolute Gasteiger partial charge is 0.288 e. The van der Waals surface area contributed by atoms with Crippen molar-refractivity contribution in [2.75, 3.05) is 0 Å². The maximum Gasteiger partial charge on any atom is 0.197 e. The van der Waals surface area contributed by atoms with Crippen LogP contribution in [0.2, 0.25) is 0 Å². The van der Waals surface area contributed by atoms with Gasteiger partial charge in [-0.3, -0.25) is 9.20 Å². The molecule has 0 amide bonds. The molecule has 6 heteroatoms. The van der Waals surface area contributed by atoms with Crippen molar-refractivity contribution in [1.82, 2.24) is 14.6 Å². The standard InChI is InChI=1S/C17H13F2N3O/c1-3-10(2)17-21-20-15-7-4-11(9-22(15)17)16(23)13-6-5-12(18)8-14(13)19/h3-9H,1-2H3/b10-3+. The molecule has 0 saturated carbocycles. The van der Waals surface area contributed by atoms with Crippen molar-refractivity contribution in [2.45, 2.75) is 13.8 Å². The highest BCUT2D eigenvalue weighted by molar-refractivity contribution is 6.09. The average molecular weight is 313 g/mol. The molecule has 0 N–H and O–H groups in total. The number of carbonyl (C=O) groups excluding carboxylic acids is 1. The smallest absolute Gasteiger partial charge is 0.197 e. The normalized spacial score (nSPS) is 11.9. The quantitative estimate of drug-likeness (QED) is 0.693. The van der Waals surface area contributed by atoms with Crippen LogP contribution in [-0.2, 0) is 0 Å². The molecule has 0 atom stereocenters. The molecule has 1 aromatic carbocycles. The highest BCUT2D eigenvalue weighted by atomic mass is 19.1. The van der Waals surface area contributed by atoms with E-state index in [0.717, 1.165) is 17.7 Å². The van der Waals surface area contributed by atoms with Gasteiger partial charge < -0.3 is 0 Å². The van der Waals surface area contributed by atoms with Crippen molar-refractivity contribution in [3.8, 4) is 0 Å². The molecule has 0 spiro atoms. The van der Waals surface area contributed by atoms with E-state index >= 15 is 0 Å². The molecule has 0 radical (unpaired) electrons. The Kier molecular flexibility index (Phi) is 3.73. The predicted octanol–water partition coefficient (Wildman–Crippen LogP) is 3.66. The molecule has 2 heterocycles. The van der Waals surface area contributed by atoms with Gasteiger partial charge in [0.05, 0.1) is 5.56 Å². The molecule has 0 aliphatic rings. The van der Waals surface area contributed by atoms with E-state index in [1.165, 1.54) is 0 Å². The van der Waals surface area contributed by atoms with Gasteiger partial charge in [0.25, 0.3) is 0 Å². The van der Waals surface area contributed by atoms with Crippen molar-refractivity contribution < 1.29 is 13.6 Å². The molecule has 0 saturated heterocycles. The molecule has 0 aliphatic carbocycles. The summed E-state index contributed by atoms with van der Waals surface area (Å²) in [7, 11) is 0. The van der Waals surface area contributed by atoms with Gasteiger partial charge in [-0.1, -0.05) is 6.08 Å². The van der Waals surface area contributed by atoms with Gasteiger partial charge in [-0.25, -0.2) is 8.78 Å². The van der Waals surface area contributed by atoms with Gasteiger partial charge in [0.15, 0.2) is 17.3 Å². The summed E-state index contributed by atoms with van der Waals surface area (Å²) in [6, 6.07) is 6.07. The molecular weight excluding hydrogens is 300 g/mol. The van der Waals surface area contributed by atoms with Crippen LogP contribution < -0.4 is 0 Å². The molecule has 0 bridgehead atoms. The summed E-state index contributed by atoms with van der Waals surface area (Å²) in [5.74, 6) is -1.53. The van der Waals surface area contributed by atoms with E-state index in [1.807, 2.05) is 19.9 Å². The molecule has 0 fully saturated rings. The third-order valence-electron chi connectivity index (χ3n) is 3.63.